The van der Waals surface area contributed by atoms with Crippen molar-refractivity contribution in [1.29, 1.82) is 0 Å². The second kappa shape index (κ2) is 6.52. The zero-order valence-corrected chi connectivity index (χ0v) is 11.3. The van der Waals surface area contributed by atoms with Gasteiger partial charge in [0.2, 0.25) is 0 Å². The average Bonchev–Trinajstić information content (AvgIpc) is 2.31. The normalized spacial score (nSPS) is 11.4. The summed E-state index contributed by atoms with van der Waals surface area (Å²) in [5.41, 5.74) is -1.21. The highest BCUT2D eigenvalue weighted by Crippen LogP contribution is 2.32. The predicted molar refractivity (Wildman–Crippen MR) is 64.5 cm³/mol. The third-order valence-electron chi connectivity index (χ3n) is 3.10. The van der Waals surface area contributed by atoms with E-state index in [4.69, 9.17) is 4.74 Å². The highest BCUT2D eigenvalue weighted by Gasteiger charge is 2.46. The second-order valence-corrected chi connectivity index (χ2v) is 4.36. The average molecular weight is 242 g/mol. The van der Waals surface area contributed by atoms with Crippen molar-refractivity contribution in [3.8, 4) is 0 Å². The van der Waals surface area contributed by atoms with E-state index in [1.165, 1.54) is 0 Å². The molecular formula is C13H22O4. The van der Waals surface area contributed by atoms with Gasteiger partial charge in [0.1, 0.15) is 5.78 Å². The molecule has 0 aromatic carbocycles. The molecule has 0 aliphatic rings. The van der Waals surface area contributed by atoms with Crippen LogP contribution in [0.5, 0.6) is 0 Å². The Morgan fingerprint density at radius 3 is 1.82 bits per heavy atom. The summed E-state index contributed by atoms with van der Waals surface area (Å²) in [4.78, 5) is 35.7. The molecular weight excluding hydrogens is 220 g/mol. The molecule has 0 bridgehead atoms. The summed E-state index contributed by atoms with van der Waals surface area (Å²) in [6, 6.07) is 0. The zero-order chi connectivity index (χ0) is 13.6. The number of rotatable bonds is 7. The van der Waals surface area contributed by atoms with Crippen LogP contribution in [0.4, 0.5) is 0 Å². The van der Waals surface area contributed by atoms with Crippen LogP contribution in [0.15, 0.2) is 0 Å². The molecule has 17 heavy (non-hydrogen) atoms. The van der Waals surface area contributed by atoms with Crippen molar-refractivity contribution in [1.82, 2.24) is 0 Å². The summed E-state index contributed by atoms with van der Waals surface area (Å²) in [5.74, 6) is -2.05. The maximum Gasteiger partial charge on any atom is 0.375 e. The first-order valence-corrected chi connectivity index (χ1v) is 6.13. The van der Waals surface area contributed by atoms with Crippen molar-refractivity contribution in [2.24, 2.45) is 11.3 Å². The van der Waals surface area contributed by atoms with E-state index in [9.17, 15) is 14.4 Å². The molecule has 0 saturated carbocycles. The molecule has 0 aromatic rings. The van der Waals surface area contributed by atoms with Gasteiger partial charge in [-0.1, -0.05) is 27.7 Å². The maximum absolute atomic E-state index is 12.1. The molecule has 0 unspecified atom stereocenters. The van der Waals surface area contributed by atoms with Crippen LogP contribution in [0.1, 0.15) is 47.5 Å². The van der Waals surface area contributed by atoms with Crippen LogP contribution in [0.3, 0.4) is 0 Å². The highest BCUT2D eigenvalue weighted by molar-refractivity contribution is 6.40. The third-order valence-corrected chi connectivity index (χ3v) is 3.10. The van der Waals surface area contributed by atoms with Gasteiger partial charge in [-0.2, -0.15) is 0 Å². The Morgan fingerprint density at radius 2 is 1.53 bits per heavy atom. The Morgan fingerprint density at radius 1 is 1.06 bits per heavy atom. The fourth-order valence-corrected chi connectivity index (χ4v) is 1.98. The second-order valence-electron chi connectivity index (χ2n) is 4.36. The molecule has 0 rings (SSSR count). The highest BCUT2D eigenvalue weighted by atomic mass is 16.5. The lowest BCUT2D eigenvalue weighted by Gasteiger charge is -2.28. The van der Waals surface area contributed by atoms with Gasteiger partial charge in [0.15, 0.2) is 0 Å². The number of carbonyl (C=O) groups is 3. The van der Waals surface area contributed by atoms with Crippen LogP contribution in [0, 0.1) is 11.3 Å². The van der Waals surface area contributed by atoms with Crippen LogP contribution in [0.25, 0.3) is 0 Å². The molecule has 0 saturated heterocycles. The Kier molecular flexibility index (Phi) is 6.07. The molecule has 4 heteroatoms. The Balaban J connectivity index is 5.27. The maximum atomic E-state index is 12.1. The molecule has 4 nitrogen and oxygen atoms in total. The van der Waals surface area contributed by atoms with E-state index in [0.29, 0.717) is 12.8 Å². The number of esters is 1. The van der Waals surface area contributed by atoms with Gasteiger partial charge in [-0.25, -0.2) is 4.79 Å². The van der Waals surface area contributed by atoms with E-state index in [1.54, 1.807) is 34.6 Å². The van der Waals surface area contributed by atoms with E-state index < -0.39 is 17.2 Å². The smallest absolute Gasteiger partial charge is 0.375 e. The molecule has 0 heterocycles. The molecule has 0 spiro atoms. The fraction of sp³-hybridized carbons (Fsp3) is 0.769. The lowest BCUT2D eigenvalue weighted by atomic mass is 9.71. The van der Waals surface area contributed by atoms with Gasteiger partial charge in [-0.3, -0.25) is 9.59 Å². The van der Waals surface area contributed by atoms with Gasteiger partial charge < -0.3 is 4.74 Å². The van der Waals surface area contributed by atoms with Crippen molar-refractivity contribution < 1.29 is 19.1 Å². The van der Waals surface area contributed by atoms with Crippen LogP contribution >= 0.6 is 0 Å². The van der Waals surface area contributed by atoms with Crippen LogP contribution < -0.4 is 0 Å². The molecule has 0 N–H and O–H groups in total. The summed E-state index contributed by atoms with van der Waals surface area (Å²) in [7, 11) is 0. The van der Waals surface area contributed by atoms with Crippen LogP contribution in [-0.4, -0.2) is 24.1 Å². The first-order chi connectivity index (χ1) is 7.87. The molecule has 98 valence electrons. The Bertz CT molecular complexity index is 301. The SMILES string of the molecule is CCOC(=O)C(=O)C(CC)(CC)C(=O)C(C)C. The van der Waals surface area contributed by atoms with Crippen molar-refractivity contribution in [3.63, 3.8) is 0 Å². The van der Waals surface area contributed by atoms with E-state index in [-0.39, 0.29) is 18.3 Å². The summed E-state index contributed by atoms with van der Waals surface area (Å²) < 4.78 is 4.70. The summed E-state index contributed by atoms with van der Waals surface area (Å²) in [6.45, 7) is 8.75. The fourth-order valence-electron chi connectivity index (χ4n) is 1.98. The van der Waals surface area contributed by atoms with Gasteiger partial charge in [0, 0.05) is 5.92 Å². The lowest BCUT2D eigenvalue weighted by molar-refractivity contribution is -0.161. The molecule has 0 atom stereocenters. The number of hydrogen-bond acceptors (Lipinski definition) is 4. The zero-order valence-electron chi connectivity index (χ0n) is 11.3. The Labute approximate surface area is 103 Å². The minimum Gasteiger partial charge on any atom is -0.460 e. The number of ketones is 2. The molecule has 0 aliphatic carbocycles. The van der Waals surface area contributed by atoms with E-state index in [1.807, 2.05) is 0 Å². The minimum absolute atomic E-state index is 0.143. The molecule has 0 aliphatic heterocycles. The minimum atomic E-state index is -1.21. The number of Topliss-reactive ketones (excluding diaryl/α,β-unsaturated/α-hetero) is 2. The van der Waals surface area contributed by atoms with E-state index >= 15 is 0 Å². The van der Waals surface area contributed by atoms with Gasteiger partial charge in [0.25, 0.3) is 5.78 Å². The summed E-state index contributed by atoms with van der Waals surface area (Å²) in [5, 5.41) is 0. The molecule has 0 amide bonds. The van der Waals surface area contributed by atoms with Crippen LogP contribution in [0.2, 0.25) is 0 Å². The van der Waals surface area contributed by atoms with Crippen molar-refractivity contribution >= 4 is 17.5 Å². The molecule has 0 aromatic heterocycles. The predicted octanol–water partition coefficient (Wildman–Crippen LogP) is 2.15. The molecule has 0 fully saturated rings. The first kappa shape index (κ1) is 15.8. The van der Waals surface area contributed by atoms with E-state index in [0.717, 1.165) is 0 Å². The largest absolute Gasteiger partial charge is 0.460 e. The summed E-state index contributed by atoms with van der Waals surface area (Å²) in [6.07, 6.45) is 0.663. The quantitative estimate of drug-likeness (QED) is 0.390. The van der Waals surface area contributed by atoms with Gasteiger partial charge in [0.05, 0.1) is 12.0 Å². The monoisotopic (exact) mass is 242 g/mol. The van der Waals surface area contributed by atoms with Crippen LogP contribution in [-0.2, 0) is 19.1 Å². The number of hydrogen-bond donors (Lipinski definition) is 0. The van der Waals surface area contributed by atoms with Gasteiger partial charge in [-0.05, 0) is 19.8 Å². The van der Waals surface area contributed by atoms with Gasteiger partial charge in [-0.15, -0.1) is 0 Å². The number of carbonyl (C=O) groups excluding carboxylic acids is 3. The van der Waals surface area contributed by atoms with Crippen molar-refractivity contribution in [3.05, 3.63) is 0 Å². The van der Waals surface area contributed by atoms with E-state index in [2.05, 4.69) is 0 Å². The molecule has 0 radical (unpaired) electrons. The number of ether oxygens (including phenoxy) is 1. The first-order valence-electron chi connectivity index (χ1n) is 6.13. The topological polar surface area (TPSA) is 60.4 Å². The third kappa shape index (κ3) is 3.14. The summed E-state index contributed by atoms with van der Waals surface area (Å²) >= 11 is 0. The van der Waals surface area contributed by atoms with Crippen molar-refractivity contribution in [2.75, 3.05) is 6.61 Å². The van der Waals surface area contributed by atoms with Crippen molar-refractivity contribution in [2.45, 2.75) is 47.5 Å². The van der Waals surface area contributed by atoms with Gasteiger partial charge >= 0.3 is 5.97 Å². The Hall–Kier alpha value is -1.19. The standard InChI is InChI=1S/C13H22O4/c1-6-13(7-2,10(14)9(4)5)11(15)12(16)17-8-3/h9H,6-8H2,1-5H3. The lowest BCUT2D eigenvalue weighted by Crippen LogP contribution is -2.45.